The third-order valence-corrected chi connectivity index (χ3v) is 5.58. The van der Waals surface area contributed by atoms with Crippen molar-refractivity contribution >= 4 is 16.1 Å². The van der Waals surface area contributed by atoms with Crippen LogP contribution in [0.15, 0.2) is 0 Å². The molecule has 1 N–H and O–H groups in total. The van der Waals surface area contributed by atoms with Crippen LogP contribution in [0, 0.1) is 11.8 Å². The smallest absolute Gasteiger partial charge is 0.396 e. The van der Waals surface area contributed by atoms with Gasteiger partial charge in [0.15, 0.2) is 10.1 Å². The van der Waals surface area contributed by atoms with Gasteiger partial charge in [-0.2, -0.15) is 17.6 Å². The number of halogens is 4. The number of alkyl halides is 4. The molecule has 0 bridgehead atoms. The second-order valence-corrected chi connectivity index (χ2v) is 7.77. The van der Waals surface area contributed by atoms with E-state index in [1.165, 1.54) is 0 Å². The lowest BCUT2D eigenvalue weighted by atomic mass is 9.94. The van der Waals surface area contributed by atoms with Gasteiger partial charge in [-0.1, -0.05) is 12.8 Å². The molecule has 24 heavy (non-hydrogen) atoms. The van der Waals surface area contributed by atoms with E-state index in [-0.39, 0.29) is 5.92 Å². The van der Waals surface area contributed by atoms with Gasteiger partial charge in [0.25, 0.3) is 0 Å². The van der Waals surface area contributed by atoms with Crippen LogP contribution in [0.3, 0.4) is 0 Å². The molecule has 0 aliphatic heterocycles. The predicted octanol–water partition coefficient (Wildman–Crippen LogP) is 1.63. The number of hydrogen-bond donors (Lipinski definition) is 1. The average molecular weight is 377 g/mol. The Morgan fingerprint density at radius 3 is 2.29 bits per heavy atom. The van der Waals surface area contributed by atoms with E-state index in [0.29, 0.717) is 19.3 Å². The first-order valence-corrected chi connectivity index (χ1v) is 8.83. The summed E-state index contributed by atoms with van der Waals surface area (Å²) in [5.41, 5.74) is -0.975. The largest absolute Gasteiger partial charge is 0.743 e. The fourth-order valence-corrected chi connectivity index (χ4v) is 3.59. The maximum Gasteiger partial charge on any atom is 0.396 e. The van der Waals surface area contributed by atoms with Crippen molar-refractivity contribution in [2.75, 3.05) is 6.61 Å². The average Bonchev–Trinajstić information content (AvgIpc) is 3.14. The number of ether oxygens (including phenoxy) is 1. The Morgan fingerprint density at radius 2 is 1.79 bits per heavy atom. The maximum atomic E-state index is 13.2. The van der Waals surface area contributed by atoms with Gasteiger partial charge < -0.3 is 14.4 Å². The third kappa shape index (κ3) is 3.52. The molecule has 0 aromatic carbocycles. The molecule has 0 heterocycles. The number of carbonyl (C=O) groups excluding carboxylic acids is 1. The number of esters is 1. The minimum absolute atomic E-state index is 0.330. The van der Waals surface area contributed by atoms with E-state index in [2.05, 4.69) is 4.74 Å². The summed E-state index contributed by atoms with van der Waals surface area (Å²) in [5.74, 6) is -7.06. The molecular formula is C13H17F4O6S-. The maximum absolute atomic E-state index is 13.2. The van der Waals surface area contributed by atoms with E-state index in [4.69, 9.17) is 0 Å². The molecule has 0 spiro atoms. The van der Waals surface area contributed by atoms with Crippen LogP contribution in [0.2, 0.25) is 0 Å². The van der Waals surface area contributed by atoms with Gasteiger partial charge in [0.05, 0.1) is 24.5 Å². The summed E-state index contributed by atoms with van der Waals surface area (Å²) in [6.07, 6.45) is 1.24. The van der Waals surface area contributed by atoms with Crippen LogP contribution in [-0.2, 0) is 19.6 Å². The summed E-state index contributed by atoms with van der Waals surface area (Å²) in [6, 6.07) is 0. The summed E-state index contributed by atoms with van der Waals surface area (Å²) < 4.78 is 87.3. The zero-order chi connectivity index (χ0) is 18.4. The van der Waals surface area contributed by atoms with Gasteiger partial charge in [0.1, 0.15) is 0 Å². The lowest BCUT2D eigenvalue weighted by molar-refractivity contribution is -0.175. The Labute approximate surface area is 135 Å². The third-order valence-electron chi connectivity index (χ3n) is 4.65. The van der Waals surface area contributed by atoms with Gasteiger partial charge in [-0.25, -0.2) is 8.42 Å². The zero-order valence-corrected chi connectivity index (χ0v) is 13.3. The Hall–Kier alpha value is -0.940. The van der Waals surface area contributed by atoms with E-state index < -0.39 is 51.8 Å². The Morgan fingerprint density at radius 1 is 1.25 bits per heavy atom. The molecule has 140 valence electrons. The number of hydrogen-bond acceptors (Lipinski definition) is 6. The molecule has 0 aromatic rings. The van der Waals surface area contributed by atoms with E-state index in [1.54, 1.807) is 0 Å². The molecule has 6 nitrogen and oxygen atoms in total. The van der Waals surface area contributed by atoms with Crippen LogP contribution < -0.4 is 0 Å². The molecule has 2 unspecified atom stereocenters. The van der Waals surface area contributed by atoms with Crippen LogP contribution >= 0.6 is 0 Å². The van der Waals surface area contributed by atoms with E-state index in [0.717, 1.165) is 12.8 Å². The number of carbonyl (C=O) groups is 1. The molecule has 2 saturated carbocycles. The van der Waals surface area contributed by atoms with Crippen LogP contribution in [0.4, 0.5) is 17.6 Å². The molecule has 2 aliphatic rings. The molecule has 2 aliphatic carbocycles. The lowest BCUT2D eigenvalue weighted by Gasteiger charge is -2.28. The fourth-order valence-electron chi connectivity index (χ4n) is 3.12. The fraction of sp³-hybridized carbons (Fsp3) is 0.923. The van der Waals surface area contributed by atoms with Crippen molar-refractivity contribution in [3.8, 4) is 0 Å². The normalized spacial score (nSPS) is 27.1. The van der Waals surface area contributed by atoms with E-state index in [9.17, 15) is 40.4 Å². The lowest BCUT2D eigenvalue weighted by Crippen LogP contribution is -2.47. The first kappa shape index (κ1) is 19.4. The number of aliphatic hydroxyl groups is 1. The molecule has 0 saturated heterocycles. The Balaban J connectivity index is 1.83. The SMILES string of the molecule is O=C(OCCC(F)(F)C(F)(F)S(=O)(=O)[O-])C1CC1C1(O)CCCC1. The van der Waals surface area contributed by atoms with E-state index >= 15 is 0 Å². The zero-order valence-electron chi connectivity index (χ0n) is 12.5. The molecule has 0 amide bonds. The highest BCUT2D eigenvalue weighted by Gasteiger charge is 2.61. The monoisotopic (exact) mass is 377 g/mol. The van der Waals surface area contributed by atoms with E-state index in [1.807, 2.05) is 0 Å². The van der Waals surface area contributed by atoms with Crippen molar-refractivity contribution in [1.29, 1.82) is 0 Å². The highest BCUT2D eigenvalue weighted by atomic mass is 32.2. The van der Waals surface area contributed by atoms with Crippen molar-refractivity contribution in [3.63, 3.8) is 0 Å². The van der Waals surface area contributed by atoms with Gasteiger partial charge in [-0.15, -0.1) is 0 Å². The molecule has 2 atom stereocenters. The molecular weight excluding hydrogens is 360 g/mol. The molecule has 0 aromatic heterocycles. The predicted molar refractivity (Wildman–Crippen MR) is 70.2 cm³/mol. The summed E-state index contributed by atoms with van der Waals surface area (Å²) in [4.78, 5) is 11.7. The molecule has 11 heteroatoms. The molecule has 2 rings (SSSR count). The summed E-state index contributed by atoms with van der Waals surface area (Å²) in [7, 11) is -6.55. The highest BCUT2D eigenvalue weighted by molar-refractivity contribution is 7.86. The molecule has 0 radical (unpaired) electrons. The van der Waals surface area contributed by atoms with Gasteiger partial charge in [-0.3, -0.25) is 4.79 Å². The van der Waals surface area contributed by atoms with Crippen LogP contribution in [-0.4, -0.2) is 47.4 Å². The van der Waals surface area contributed by atoms with Gasteiger partial charge in [0, 0.05) is 5.92 Å². The van der Waals surface area contributed by atoms with Crippen molar-refractivity contribution in [2.24, 2.45) is 11.8 Å². The Kier molecular flexibility index (Phi) is 4.92. The van der Waals surface area contributed by atoms with Crippen LogP contribution in [0.25, 0.3) is 0 Å². The minimum atomic E-state index is -6.55. The van der Waals surface area contributed by atoms with Crippen molar-refractivity contribution in [1.82, 2.24) is 0 Å². The van der Waals surface area contributed by atoms with Gasteiger partial charge >= 0.3 is 17.1 Å². The van der Waals surface area contributed by atoms with Crippen molar-refractivity contribution < 1.29 is 45.2 Å². The summed E-state index contributed by atoms with van der Waals surface area (Å²) in [5, 5.41) is 4.49. The summed E-state index contributed by atoms with van der Waals surface area (Å²) >= 11 is 0. The Bertz CT molecular complexity index is 600. The topological polar surface area (TPSA) is 104 Å². The summed E-state index contributed by atoms with van der Waals surface area (Å²) in [6.45, 7) is -1.15. The number of rotatable bonds is 7. The van der Waals surface area contributed by atoms with Crippen molar-refractivity contribution in [2.45, 2.75) is 55.3 Å². The first-order chi connectivity index (χ1) is 10.8. The molecule has 2 fully saturated rings. The minimum Gasteiger partial charge on any atom is -0.743 e. The second kappa shape index (κ2) is 6.10. The van der Waals surface area contributed by atoms with Gasteiger partial charge in [-0.05, 0) is 19.3 Å². The van der Waals surface area contributed by atoms with Crippen LogP contribution in [0.5, 0.6) is 0 Å². The first-order valence-electron chi connectivity index (χ1n) is 7.42. The van der Waals surface area contributed by atoms with Crippen LogP contribution in [0.1, 0.15) is 38.5 Å². The second-order valence-electron chi connectivity index (χ2n) is 6.35. The highest BCUT2D eigenvalue weighted by Crippen LogP contribution is 2.53. The van der Waals surface area contributed by atoms with Crippen molar-refractivity contribution in [3.05, 3.63) is 0 Å². The standard InChI is InChI=1S/C13H18F4O6S/c14-12(15,13(16,17)24(20,21)22)5-6-23-10(18)8-7-9(8)11(19)3-1-2-4-11/h8-9,19H,1-7H2,(H,20,21,22)/p-1. The van der Waals surface area contributed by atoms with Gasteiger partial charge in [0.2, 0.25) is 0 Å². The quantitative estimate of drug-likeness (QED) is 0.411.